The molecular weight excluding hydrogens is 334 g/mol. The molecule has 144 valence electrons. The van der Waals surface area contributed by atoms with Crippen LogP contribution in [0.5, 0.6) is 11.5 Å². The standard InChI is InChI=1S/C24H31NO2/c1-2-3-4-5-6-7-8-13-18-25-24(26)23-19-14-9-11-16-21(19)27-22-17-12-10-15-20(22)23/h9-12,14-17,23H,2-8,13,18H2,1H3,(H,25,26). The number of rotatable bonds is 10. The van der Waals surface area contributed by atoms with E-state index in [9.17, 15) is 4.79 Å². The zero-order chi connectivity index (χ0) is 18.9. The molecule has 0 spiro atoms. The van der Waals surface area contributed by atoms with Crippen LogP contribution in [0.25, 0.3) is 0 Å². The second-order valence-corrected chi connectivity index (χ2v) is 7.38. The average molecular weight is 366 g/mol. The quantitative estimate of drug-likeness (QED) is 0.510. The van der Waals surface area contributed by atoms with Gasteiger partial charge < -0.3 is 10.1 Å². The highest BCUT2D eigenvalue weighted by Crippen LogP contribution is 2.43. The van der Waals surface area contributed by atoms with E-state index in [4.69, 9.17) is 4.74 Å². The molecule has 0 radical (unpaired) electrons. The van der Waals surface area contributed by atoms with E-state index in [0.717, 1.165) is 35.6 Å². The molecule has 27 heavy (non-hydrogen) atoms. The van der Waals surface area contributed by atoms with Crippen molar-refractivity contribution in [3.05, 3.63) is 59.7 Å². The van der Waals surface area contributed by atoms with Crippen molar-refractivity contribution < 1.29 is 9.53 Å². The molecular formula is C24H31NO2. The fourth-order valence-electron chi connectivity index (χ4n) is 3.76. The Morgan fingerprint density at radius 2 is 1.33 bits per heavy atom. The number of ether oxygens (including phenoxy) is 1. The van der Waals surface area contributed by atoms with Gasteiger partial charge in [0, 0.05) is 17.7 Å². The molecule has 1 aliphatic heterocycles. The first-order chi connectivity index (χ1) is 13.3. The summed E-state index contributed by atoms with van der Waals surface area (Å²) in [6.07, 6.45) is 10.2. The zero-order valence-electron chi connectivity index (χ0n) is 16.4. The molecule has 0 atom stereocenters. The zero-order valence-corrected chi connectivity index (χ0v) is 16.4. The van der Waals surface area contributed by atoms with Crippen molar-refractivity contribution in [2.24, 2.45) is 0 Å². The monoisotopic (exact) mass is 365 g/mol. The molecule has 1 amide bonds. The average Bonchev–Trinajstić information content (AvgIpc) is 2.70. The molecule has 2 aromatic rings. The molecule has 0 fully saturated rings. The Labute approximate surface area is 163 Å². The number of benzene rings is 2. The van der Waals surface area contributed by atoms with Gasteiger partial charge in [-0.3, -0.25) is 4.79 Å². The molecule has 0 aromatic heterocycles. The summed E-state index contributed by atoms with van der Waals surface area (Å²) in [4.78, 5) is 13.0. The van der Waals surface area contributed by atoms with Crippen LogP contribution < -0.4 is 10.1 Å². The van der Waals surface area contributed by atoms with Gasteiger partial charge in [0.1, 0.15) is 11.5 Å². The molecule has 0 saturated carbocycles. The first kappa shape index (κ1) is 19.5. The van der Waals surface area contributed by atoms with Gasteiger partial charge in [0.25, 0.3) is 0 Å². The first-order valence-electron chi connectivity index (χ1n) is 10.4. The maximum Gasteiger partial charge on any atom is 0.232 e. The number of para-hydroxylation sites is 2. The Balaban J connectivity index is 1.51. The predicted octanol–water partition coefficient (Wildman–Crippen LogP) is 6.18. The molecule has 1 heterocycles. The van der Waals surface area contributed by atoms with Gasteiger partial charge in [-0.25, -0.2) is 0 Å². The van der Waals surface area contributed by atoms with E-state index in [2.05, 4.69) is 12.2 Å². The van der Waals surface area contributed by atoms with Gasteiger partial charge in [0.15, 0.2) is 0 Å². The van der Waals surface area contributed by atoms with Crippen LogP contribution in [-0.2, 0) is 4.79 Å². The summed E-state index contributed by atoms with van der Waals surface area (Å²) in [5.74, 6) is 1.34. The largest absolute Gasteiger partial charge is 0.457 e. The molecule has 3 nitrogen and oxygen atoms in total. The van der Waals surface area contributed by atoms with Crippen molar-refractivity contribution in [2.45, 2.75) is 64.2 Å². The normalized spacial score (nSPS) is 12.8. The van der Waals surface area contributed by atoms with E-state index in [1.165, 1.54) is 44.9 Å². The molecule has 0 bridgehead atoms. The van der Waals surface area contributed by atoms with E-state index in [1.54, 1.807) is 0 Å². The van der Waals surface area contributed by atoms with Crippen molar-refractivity contribution in [1.29, 1.82) is 0 Å². The van der Waals surface area contributed by atoms with Gasteiger partial charge in [-0.2, -0.15) is 0 Å². The van der Waals surface area contributed by atoms with Crippen molar-refractivity contribution in [2.75, 3.05) is 6.54 Å². The van der Waals surface area contributed by atoms with Crippen molar-refractivity contribution >= 4 is 5.91 Å². The SMILES string of the molecule is CCCCCCCCCCNC(=O)C1c2ccccc2Oc2ccccc21. The van der Waals surface area contributed by atoms with E-state index in [0.29, 0.717) is 0 Å². The Kier molecular flexibility index (Phi) is 7.32. The second kappa shape index (κ2) is 10.1. The molecule has 1 N–H and O–H groups in total. The van der Waals surface area contributed by atoms with Crippen molar-refractivity contribution in [3.63, 3.8) is 0 Å². The third kappa shape index (κ3) is 5.12. The second-order valence-electron chi connectivity index (χ2n) is 7.38. The summed E-state index contributed by atoms with van der Waals surface area (Å²) in [5, 5.41) is 3.15. The molecule has 0 saturated heterocycles. The number of fused-ring (bicyclic) bond motifs is 2. The van der Waals surface area contributed by atoms with Gasteiger partial charge in [0.05, 0.1) is 5.92 Å². The Morgan fingerprint density at radius 1 is 0.815 bits per heavy atom. The summed E-state index contributed by atoms with van der Waals surface area (Å²) in [7, 11) is 0. The number of hydrogen-bond acceptors (Lipinski definition) is 2. The lowest BCUT2D eigenvalue weighted by atomic mass is 9.87. The van der Waals surface area contributed by atoms with Crippen LogP contribution in [0, 0.1) is 0 Å². The lowest BCUT2D eigenvalue weighted by molar-refractivity contribution is -0.121. The number of hydrogen-bond donors (Lipinski definition) is 1. The third-order valence-corrected chi connectivity index (χ3v) is 5.27. The minimum atomic E-state index is -0.291. The van der Waals surface area contributed by atoms with Crippen LogP contribution >= 0.6 is 0 Å². The van der Waals surface area contributed by atoms with Gasteiger partial charge >= 0.3 is 0 Å². The minimum Gasteiger partial charge on any atom is -0.457 e. The molecule has 0 aliphatic carbocycles. The molecule has 3 heteroatoms. The number of carbonyl (C=O) groups excluding carboxylic acids is 1. The van der Waals surface area contributed by atoms with Crippen LogP contribution in [-0.4, -0.2) is 12.5 Å². The minimum absolute atomic E-state index is 0.0705. The van der Waals surface area contributed by atoms with Crippen LogP contribution in [0.15, 0.2) is 48.5 Å². The summed E-state index contributed by atoms with van der Waals surface area (Å²) in [6.45, 7) is 2.99. The molecule has 2 aromatic carbocycles. The highest BCUT2D eigenvalue weighted by atomic mass is 16.5. The third-order valence-electron chi connectivity index (χ3n) is 5.27. The fourth-order valence-corrected chi connectivity index (χ4v) is 3.76. The maximum absolute atomic E-state index is 13.0. The molecule has 3 rings (SSSR count). The Hall–Kier alpha value is -2.29. The van der Waals surface area contributed by atoms with E-state index < -0.39 is 0 Å². The number of nitrogens with one attached hydrogen (secondary N) is 1. The summed E-state index contributed by atoms with van der Waals surface area (Å²) >= 11 is 0. The summed E-state index contributed by atoms with van der Waals surface area (Å²) in [6, 6.07) is 15.7. The molecule has 1 aliphatic rings. The molecule has 0 unspecified atom stereocenters. The first-order valence-corrected chi connectivity index (χ1v) is 10.4. The van der Waals surface area contributed by atoms with Crippen LogP contribution in [0.1, 0.15) is 75.3 Å². The number of amides is 1. The Bertz CT molecular complexity index is 695. The van der Waals surface area contributed by atoms with Crippen LogP contribution in [0.2, 0.25) is 0 Å². The van der Waals surface area contributed by atoms with Crippen molar-refractivity contribution in [3.8, 4) is 11.5 Å². The topological polar surface area (TPSA) is 38.3 Å². The van der Waals surface area contributed by atoms with Gasteiger partial charge in [0.2, 0.25) is 5.91 Å². The van der Waals surface area contributed by atoms with E-state index >= 15 is 0 Å². The van der Waals surface area contributed by atoms with Crippen LogP contribution in [0.3, 0.4) is 0 Å². The highest BCUT2D eigenvalue weighted by Gasteiger charge is 2.31. The van der Waals surface area contributed by atoms with E-state index in [1.807, 2.05) is 48.5 Å². The fraction of sp³-hybridized carbons (Fsp3) is 0.458. The van der Waals surface area contributed by atoms with Crippen LogP contribution in [0.4, 0.5) is 0 Å². The number of unbranched alkanes of at least 4 members (excludes halogenated alkanes) is 7. The Morgan fingerprint density at radius 3 is 1.93 bits per heavy atom. The van der Waals surface area contributed by atoms with E-state index in [-0.39, 0.29) is 11.8 Å². The van der Waals surface area contributed by atoms with Gasteiger partial charge in [-0.15, -0.1) is 0 Å². The summed E-state index contributed by atoms with van der Waals surface area (Å²) in [5.41, 5.74) is 1.90. The number of carbonyl (C=O) groups is 1. The highest BCUT2D eigenvalue weighted by molar-refractivity contribution is 5.89. The lowest BCUT2D eigenvalue weighted by Crippen LogP contribution is -2.32. The van der Waals surface area contributed by atoms with Gasteiger partial charge in [-0.1, -0.05) is 88.3 Å². The van der Waals surface area contributed by atoms with Crippen molar-refractivity contribution in [1.82, 2.24) is 5.32 Å². The maximum atomic E-state index is 13.0. The summed E-state index contributed by atoms with van der Waals surface area (Å²) < 4.78 is 5.98. The van der Waals surface area contributed by atoms with Gasteiger partial charge in [-0.05, 0) is 18.6 Å². The predicted molar refractivity (Wildman–Crippen MR) is 110 cm³/mol. The smallest absolute Gasteiger partial charge is 0.232 e. The lowest BCUT2D eigenvalue weighted by Gasteiger charge is -2.27.